The number of amides is 1. The van der Waals surface area contributed by atoms with Crippen LogP contribution >= 0.6 is 11.3 Å². The highest BCUT2D eigenvalue weighted by Crippen LogP contribution is 2.23. The lowest BCUT2D eigenvalue weighted by molar-refractivity contribution is -0.127. The van der Waals surface area contributed by atoms with E-state index in [0.717, 1.165) is 22.7 Å². The molecular weight excluding hydrogens is 344 g/mol. The standard InChI is InChI=1S/C21H22N2O2S/c1-3-16-9-11-19(12-10-16)25-15(2)20(24)22-13-18-14-26-21(23-18)17-7-5-4-6-8-17/h4-12,14-15H,3,13H2,1-2H3,(H,22,24)/t15-/m1/s1. The number of rotatable bonds is 7. The maximum Gasteiger partial charge on any atom is 0.261 e. The number of hydrogen-bond acceptors (Lipinski definition) is 4. The number of nitrogens with zero attached hydrogens (tertiary/aromatic N) is 1. The first-order valence-corrected chi connectivity index (χ1v) is 9.57. The molecule has 0 fully saturated rings. The molecule has 3 aromatic rings. The molecule has 0 bridgehead atoms. The highest BCUT2D eigenvalue weighted by atomic mass is 32.1. The number of ether oxygens (including phenoxy) is 1. The van der Waals surface area contributed by atoms with E-state index >= 15 is 0 Å². The van der Waals surface area contributed by atoms with Crippen LogP contribution in [0.5, 0.6) is 5.75 Å². The van der Waals surface area contributed by atoms with Crippen LogP contribution in [0.15, 0.2) is 60.0 Å². The number of carbonyl (C=O) groups excluding carboxylic acids is 1. The fourth-order valence-electron chi connectivity index (χ4n) is 2.48. The smallest absolute Gasteiger partial charge is 0.261 e. The Hall–Kier alpha value is -2.66. The number of hydrogen-bond donors (Lipinski definition) is 1. The Kier molecular flexibility index (Phi) is 6.02. The summed E-state index contributed by atoms with van der Waals surface area (Å²) in [6.45, 7) is 4.25. The molecule has 0 aliphatic carbocycles. The summed E-state index contributed by atoms with van der Waals surface area (Å²) in [5.41, 5.74) is 3.18. The lowest BCUT2D eigenvalue weighted by Crippen LogP contribution is -2.35. The zero-order chi connectivity index (χ0) is 18.4. The van der Waals surface area contributed by atoms with Gasteiger partial charge >= 0.3 is 0 Å². The summed E-state index contributed by atoms with van der Waals surface area (Å²) < 4.78 is 5.71. The maximum absolute atomic E-state index is 12.3. The fraction of sp³-hybridized carbons (Fsp3) is 0.238. The van der Waals surface area contributed by atoms with Gasteiger partial charge in [-0.3, -0.25) is 4.79 Å². The third kappa shape index (κ3) is 4.70. The second-order valence-electron chi connectivity index (χ2n) is 5.99. The molecule has 3 rings (SSSR count). The van der Waals surface area contributed by atoms with Crippen LogP contribution in [0.1, 0.15) is 25.1 Å². The first kappa shape index (κ1) is 18.1. The molecule has 2 aromatic carbocycles. The van der Waals surface area contributed by atoms with Gasteiger partial charge in [0.05, 0.1) is 12.2 Å². The summed E-state index contributed by atoms with van der Waals surface area (Å²) in [4.78, 5) is 16.8. The SMILES string of the molecule is CCc1ccc(O[C@H](C)C(=O)NCc2csc(-c3ccccc3)n2)cc1. The lowest BCUT2D eigenvalue weighted by atomic mass is 10.2. The third-order valence-electron chi connectivity index (χ3n) is 4.03. The van der Waals surface area contributed by atoms with Gasteiger partial charge in [-0.15, -0.1) is 11.3 Å². The average molecular weight is 366 g/mol. The highest BCUT2D eigenvalue weighted by Gasteiger charge is 2.15. The van der Waals surface area contributed by atoms with Crippen LogP contribution in [-0.4, -0.2) is 17.0 Å². The van der Waals surface area contributed by atoms with E-state index in [4.69, 9.17) is 4.74 Å². The van der Waals surface area contributed by atoms with Crippen molar-refractivity contribution in [2.75, 3.05) is 0 Å². The van der Waals surface area contributed by atoms with E-state index in [1.807, 2.05) is 60.0 Å². The lowest BCUT2D eigenvalue weighted by Gasteiger charge is -2.14. The van der Waals surface area contributed by atoms with E-state index in [1.54, 1.807) is 18.3 Å². The quantitative estimate of drug-likeness (QED) is 0.672. The van der Waals surface area contributed by atoms with Crippen LogP contribution in [0.4, 0.5) is 0 Å². The van der Waals surface area contributed by atoms with E-state index in [-0.39, 0.29) is 5.91 Å². The molecule has 1 aromatic heterocycles. The molecule has 0 radical (unpaired) electrons. The molecule has 1 heterocycles. The summed E-state index contributed by atoms with van der Waals surface area (Å²) in [5, 5.41) is 5.81. The average Bonchev–Trinajstić information content (AvgIpc) is 3.16. The molecule has 5 heteroatoms. The fourth-order valence-corrected chi connectivity index (χ4v) is 3.31. The van der Waals surface area contributed by atoms with E-state index in [9.17, 15) is 4.79 Å². The molecular formula is C21H22N2O2S. The molecule has 0 aliphatic heterocycles. The first-order chi connectivity index (χ1) is 12.7. The van der Waals surface area contributed by atoms with E-state index in [2.05, 4.69) is 17.2 Å². The Balaban J connectivity index is 1.52. The second-order valence-corrected chi connectivity index (χ2v) is 6.84. The number of benzene rings is 2. The van der Waals surface area contributed by atoms with Crippen LogP contribution in [-0.2, 0) is 17.8 Å². The largest absolute Gasteiger partial charge is 0.481 e. The van der Waals surface area contributed by atoms with Crippen molar-refractivity contribution in [1.29, 1.82) is 0 Å². The van der Waals surface area contributed by atoms with Gasteiger partial charge in [-0.05, 0) is 31.0 Å². The topological polar surface area (TPSA) is 51.2 Å². The number of aryl methyl sites for hydroxylation is 1. The summed E-state index contributed by atoms with van der Waals surface area (Å²) >= 11 is 1.58. The molecule has 0 spiro atoms. The van der Waals surface area contributed by atoms with Gasteiger partial charge in [-0.25, -0.2) is 4.98 Å². The van der Waals surface area contributed by atoms with Crippen molar-refractivity contribution in [2.45, 2.75) is 32.9 Å². The van der Waals surface area contributed by atoms with Gasteiger partial charge in [0, 0.05) is 10.9 Å². The Bertz CT molecular complexity index is 844. The molecule has 1 N–H and O–H groups in total. The monoisotopic (exact) mass is 366 g/mol. The van der Waals surface area contributed by atoms with Crippen LogP contribution in [0, 0.1) is 0 Å². The van der Waals surface area contributed by atoms with Gasteiger partial charge < -0.3 is 10.1 Å². The molecule has 1 amide bonds. The second kappa shape index (κ2) is 8.63. The van der Waals surface area contributed by atoms with Gasteiger partial charge in [-0.2, -0.15) is 0 Å². The minimum atomic E-state index is -0.560. The van der Waals surface area contributed by atoms with Crippen molar-refractivity contribution < 1.29 is 9.53 Å². The normalized spacial score (nSPS) is 11.8. The van der Waals surface area contributed by atoms with Crippen LogP contribution in [0.2, 0.25) is 0 Å². The van der Waals surface area contributed by atoms with Crippen molar-refractivity contribution in [3.05, 3.63) is 71.2 Å². The van der Waals surface area contributed by atoms with Crippen molar-refractivity contribution in [3.8, 4) is 16.3 Å². The zero-order valence-corrected chi connectivity index (χ0v) is 15.8. The summed E-state index contributed by atoms with van der Waals surface area (Å²) in [5.74, 6) is 0.545. The summed E-state index contributed by atoms with van der Waals surface area (Å²) in [7, 11) is 0. The summed E-state index contributed by atoms with van der Waals surface area (Å²) in [6, 6.07) is 17.8. The molecule has 0 saturated carbocycles. The van der Waals surface area contributed by atoms with Gasteiger partial charge in [0.1, 0.15) is 10.8 Å². The van der Waals surface area contributed by atoms with Gasteiger partial charge in [0.25, 0.3) is 5.91 Å². The number of thiazole rings is 1. The first-order valence-electron chi connectivity index (χ1n) is 8.69. The predicted molar refractivity (Wildman–Crippen MR) is 105 cm³/mol. The van der Waals surface area contributed by atoms with Gasteiger partial charge in [-0.1, -0.05) is 49.4 Å². The van der Waals surface area contributed by atoms with E-state index < -0.39 is 6.10 Å². The Labute approximate surface area is 157 Å². The van der Waals surface area contributed by atoms with Crippen LogP contribution in [0.25, 0.3) is 10.6 Å². The van der Waals surface area contributed by atoms with Crippen molar-refractivity contribution in [1.82, 2.24) is 10.3 Å². The van der Waals surface area contributed by atoms with Crippen molar-refractivity contribution in [3.63, 3.8) is 0 Å². The van der Waals surface area contributed by atoms with E-state index in [0.29, 0.717) is 12.3 Å². The van der Waals surface area contributed by atoms with Crippen LogP contribution in [0.3, 0.4) is 0 Å². The maximum atomic E-state index is 12.3. The van der Waals surface area contributed by atoms with Crippen molar-refractivity contribution >= 4 is 17.2 Å². The Morgan fingerprint density at radius 3 is 2.58 bits per heavy atom. The molecule has 26 heavy (non-hydrogen) atoms. The number of carbonyl (C=O) groups is 1. The molecule has 4 nitrogen and oxygen atoms in total. The minimum absolute atomic E-state index is 0.154. The Morgan fingerprint density at radius 1 is 1.15 bits per heavy atom. The highest BCUT2D eigenvalue weighted by molar-refractivity contribution is 7.13. The predicted octanol–water partition coefficient (Wildman–Crippen LogP) is 4.46. The van der Waals surface area contributed by atoms with Crippen molar-refractivity contribution in [2.24, 2.45) is 0 Å². The van der Waals surface area contributed by atoms with Gasteiger partial charge in [0.15, 0.2) is 6.10 Å². The molecule has 134 valence electrons. The third-order valence-corrected chi connectivity index (χ3v) is 4.97. The van der Waals surface area contributed by atoms with Crippen LogP contribution < -0.4 is 10.1 Å². The van der Waals surface area contributed by atoms with Gasteiger partial charge in [0.2, 0.25) is 0 Å². The number of aromatic nitrogens is 1. The zero-order valence-electron chi connectivity index (χ0n) is 14.9. The minimum Gasteiger partial charge on any atom is -0.481 e. The molecule has 0 saturated heterocycles. The molecule has 0 unspecified atom stereocenters. The summed E-state index contributed by atoms with van der Waals surface area (Å²) in [6.07, 6.45) is 0.421. The molecule has 0 aliphatic rings. The number of nitrogens with one attached hydrogen (secondary N) is 1. The molecule has 1 atom stereocenters. The van der Waals surface area contributed by atoms with E-state index in [1.165, 1.54) is 5.56 Å². The Morgan fingerprint density at radius 2 is 1.88 bits per heavy atom.